The third kappa shape index (κ3) is 8.79. The molecule has 3 atom stereocenters. The zero-order chi connectivity index (χ0) is 20.8. The van der Waals surface area contributed by atoms with Crippen LogP contribution < -0.4 is 0 Å². The van der Waals surface area contributed by atoms with Crippen molar-refractivity contribution in [1.82, 2.24) is 0 Å². The summed E-state index contributed by atoms with van der Waals surface area (Å²) in [5, 5.41) is 0. The average molecular weight is 424 g/mol. The molecular weight excluding hydrogens is 414 g/mol. The zero-order valence-corrected chi connectivity index (χ0v) is 15.2. The number of rotatable bonds is 7. The van der Waals surface area contributed by atoms with Gasteiger partial charge in [0.1, 0.15) is 0 Å². The van der Waals surface area contributed by atoms with Crippen LogP contribution in [0.2, 0.25) is 0 Å². The molecule has 25 heavy (non-hydrogen) atoms. The number of ether oxygens (including phenoxy) is 1. The number of carbonyl (C=O) groups excluding carboxylic acids is 1. The van der Waals surface area contributed by atoms with Gasteiger partial charge in [-0.2, -0.15) is 8.42 Å². The molecule has 0 saturated carbocycles. The maximum atomic E-state index is 12.8. The van der Waals surface area contributed by atoms with E-state index in [0.29, 0.717) is 0 Å². The Morgan fingerprint density at radius 2 is 1.44 bits per heavy atom. The van der Waals surface area contributed by atoms with Crippen LogP contribution in [-0.2, 0) is 14.9 Å². The van der Waals surface area contributed by atoms with E-state index in [1.807, 2.05) is 0 Å². The first-order valence-corrected chi connectivity index (χ1v) is 8.61. The van der Waals surface area contributed by atoms with Gasteiger partial charge < -0.3 is 0 Å². The van der Waals surface area contributed by atoms with Crippen molar-refractivity contribution in [2.75, 3.05) is 5.75 Å². The van der Waals surface area contributed by atoms with E-state index in [2.05, 4.69) is 4.74 Å². The number of hydrogen-bond acceptors (Lipinski definition) is 4. The summed E-state index contributed by atoms with van der Waals surface area (Å²) in [6, 6.07) is 0. The molecule has 0 aliphatic carbocycles. The summed E-state index contributed by atoms with van der Waals surface area (Å²) in [6.07, 6.45) is -17.5. The van der Waals surface area contributed by atoms with Gasteiger partial charge in [-0.1, -0.05) is 0 Å². The molecule has 0 rings (SSSR count). The van der Waals surface area contributed by atoms with Gasteiger partial charge in [0, 0.05) is 0 Å². The molecule has 0 spiro atoms. The monoisotopic (exact) mass is 424 g/mol. The Labute approximate surface area is 153 Å². The molecule has 146 valence electrons. The van der Waals surface area contributed by atoms with E-state index in [1.54, 1.807) is 0 Å². The molecule has 3 unspecified atom stereocenters. The van der Waals surface area contributed by atoms with Crippen LogP contribution in [0.25, 0.3) is 0 Å². The maximum absolute atomic E-state index is 12.8. The summed E-state index contributed by atoms with van der Waals surface area (Å²) in [6.45, 7) is 1.37. The number of halogens is 9. The second kappa shape index (κ2) is 10.2. The van der Waals surface area contributed by atoms with E-state index in [-0.39, 0.29) is 5.75 Å². The Balaban J connectivity index is 0. The van der Waals surface area contributed by atoms with Crippen molar-refractivity contribution in [3.8, 4) is 0 Å². The predicted octanol–water partition coefficient (Wildman–Crippen LogP) is 2.69. The predicted molar refractivity (Wildman–Crippen MR) is 64.9 cm³/mol. The van der Waals surface area contributed by atoms with Gasteiger partial charge >= 0.3 is 117 Å². The molecule has 0 bridgehead atoms. The third-order valence-electron chi connectivity index (χ3n) is 2.23. The van der Waals surface area contributed by atoms with E-state index in [9.17, 15) is 52.7 Å². The molecular formula is C9H10F9NaO5S. The van der Waals surface area contributed by atoms with Crippen molar-refractivity contribution in [2.45, 2.75) is 43.9 Å². The van der Waals surface area contributed by atoms with Crippen LogP contribution in [0.3, 0.4) is 0 Å². The molecule has 0 aromatic carbocycles. The molecule has 0 saturated heterocycles. The van der Waals surface area contributed by atoms with Crippen LogP contribution in [-0.4, -0.2) is 86.8 Å². The van der Waals surface area contributed by atoms with E-state index < -0.39 is 78.2 Å². The van der Waals surface area contributed by atoms with Gasteiger partial charge in [-0.3, -0.25) is 4.55 Å². The first-order valence-electron chi connectivity index (χ1n) is 6.00. The molecule has 0 fully saturated rings. The van der Waals surface area contributed by atoms with E-state index in [1.165, 1.54) is 6.92 Å². The summed E-state index contributed by atoms with van der Waals surface area (Å²) >= 11 is -0.640. The van der Waals surface area contributed by atoms with E-state index in [0.717, 1.165) is 0 Å². The average Bonchev–Trinajstić information content (AvgIpc) is 2.44. The Morgan fingerprint density at radius 3 is 1.68 bits per heavy atom. The van der Waals surface area contributed by atoms with Crippen molar-refractivity contribution in [3.05, 3.63) is 0 Å². The van der Waals surface area contributed by atoms with Crippen LogP contribution in [0, 0.1) is 0 Å². The van der Waals surface area contributed by atoms with Gasteiger partial charge in [0.25, 0.3) is 10.1 Å². The normalized spacial score (nSPS) is 16.6. The minimum absolute atomic E-state index is 0.201. The minimum atomic E-state index is -6.13. The number of alkyl halides is 9. The van der Waals surface area contributed by atoms with Crippen molar-refractivity contribution in [1.29, 1.82) is 0 Å². The molecule has 0 heterocycles. The summed E-state index contributed by atoms with van der Waals surface area (Å²) in [7, 11) is -3.66. The fourth-order valence-electron chi connectivity index (χ4n) is 0.883. The standard InChI is InChI=1S/C7H4F9O2.C2H6O3S.Na/c8-2(4(10)11)3(9)6(13,14)7(15,16)5(12)18-1-17;1-2-6(3,4)5;/h2-5H;2H2,1H3,(H,3,4,5);. The molecule has 16 heteroatoms. The fourth-order valence-corrected chi connectivity index (χ4v) is 1.09. The molecule has 0 aliphatic heterocycles. The number of carbonyl (C=O) groups is 1. The molecule has 0 radical (unpaired) electrons. The van der Waals surface area contributed by atoms with Gasteiger partial charge in [-0.25, -0.2) is 0 Å². The molecule has 1 N–H and O–H groups in total. The van der Waals surface area contributed by atoms with Crippen LogP contribution in [0.1, 0.15) is 6.92 Å². The molecule has 0 aromatic rings. The first kappa shape index (κ1) is 27.0. The number of hydrogen-bond donors (Lipinski definition) is 1. The van der Waals surface area contributed by atoms with E-state index >= 15 is 0 Å². The Hall–Kier alpha value is -0.250. The van der Waals surface area contributed by atoms with Crippen LogP contribution >= 0.6 is 0 Å². The summed E-state index contributed by atoms with van der Waals surface area (Å²) in [4.78, 5) is 10.2. The van der Waals surface area contributed by atoms with Crippen molar-refractivity contribution < 1.29 is 62.0 Å². The molecule has 0 amide bonds. The molecule has 5 nitrogen and oxygen atoms in total. The summed E-state index contributed by atoms with van der Waals surface area (Å²) in [5.41, 5.74) is 0. The second-order valence-corrected chi connectivity index (χ2v) is 6.78. The topological polar surface area (TPSA) is 80.7 Å². The fraction of sp³-hybridized carbons (Fsp3) is 0.889. The SMILES string of the molecule is CCS(=O)(=O)O.O=[C]([Na])OC(F)C(F)(F)C(F)(F)C(F)C(F)C(F)F. The van der Waals surface area contributed by atoms with Gasteiger partial charge in [0.05, 0.1) is 5.75 Å². The zero-order valence-electron chi connectivity index (χ0n) is 12.4. The molecule has 0 aromatic heterocycles. The van der Waals surface area contributed by atoms with Gasteiger partial charge in [0.15, 0.2) is 0 Å². The summed E-state index contributed by atoms with van der Waals surface area (Å²) < 4.78 is 140. The van der Waals surface area contributed by atoms with Gasteiger partial charge in [0.2, 0.25) is 0 Å². The van der Waals surface area contributed by atoms with E-state index in [4.69, 9.17) is 4.55 Å². The van der Waals surface area contributed by atoms with Crippen LogP contribution in [0.15, 0.2) is 0 Å². The van der Waals surface area contributed by atoms with Gasteiger partial charge in [-0.15, -0.1) is 0 Å². The Kier molecular flexibility index (Phi) is 11.0. The van der Waals surface area contributed by atoms with Crippen LogP contribution in [0.5, 0.6) is 0 Å². The third-order valence-corrected chi connectivity index (χ3v) is 3.20. The Morgan fingerprint density at radius 1 is 1.08 bits per heavy atom. The van der Waals surface area contributed by atoms with Crippen molar-refractivity contribution >= 4 is 41.3 Å². The second-order valence-electron chi connectivity index (χ2n) is 4.22. The Bertz CT molecular complexity index is 530. The molecule has 0 aliphatic rings. The van der Waals surface area contributed by atoms with Crippen molar-refractivity contribution in [3.63, 3.8) is 0 Å². The quantitative estimate of drug-likeness (QED) is 0.386. The summed E-state index contributed by atoms with van der Waals surface area (Å²) in [5.74, 6) is -12.3. The first-order chi connectivity index (χ1) is 10.9. The van der Waals surface area contributed by atoms with Crippen LogP contribution in [0.4, 0.5) is 44.3 Å². The van der Waals surface area contributed by atoms with Gasteiger partial charge in [-0.05, 0) is 6.92 Å². The van der Waals surface area contributed by atoms with Crippen molar-refractivity contribution in [2.24, 2.45) is 0 Å².